The molecule has 33 heavy (non-hydrogen) atoms. The van der Waals surface area contributed by atoms with E-state index in [1.807, 2.05) is 26.0 Å². The largest absolute Gasteiger partial charge is 0.508 e. The van der Waals surface area contributed by atoms with Gasteiger partial charge in [0.1, 0.15) is 23.9 Å². The number of hydrogen-bond donors (Lipinski definition) is 4. The first-order valence-electron chi connectivity index (χ1n) is 10.5. The molecule has 0 unspecified atom stereocenters. The molecule has 0 bridgehead atoms. The van der Waals surface area contributed by atoms with Gasteiger partial charge in [0.05, 0.1) is 18.8 Å². The highest BCUT2D eigenvalue weighted by Gasteiger charge is 2.20. The molecule has 0 spiro atoms. The van der Waals surface area contributed by atoms with Gasteiger partial charge in [0, 0.05) is 25.2 Å². The minimum Gasteiger partial charge on any atom is -0.508 e. The summed E-state index contributed by atoms with van der Waals surface area (Å²) in [5.41, 5.74) is 1.87. The van der Waals surface area contributed by atoms with Crippen molar-refractivity contribution in [2.75, 3.05) is 26.4 Å². The number of phenols is 2. The molecule has 9 nitrogen and oxygen atoms in total. The van der Waals surface area contributed by atoms with Crippen molar-refractivity contribution in [1.82, 2.24) is 20.1 Å². The van der Waals surface area contributed by atoms with Crippen molar-refractivity contribution >= 4 is 18.5 Å². The number of nitrogens with one attached hydrogen (secondary N) is 1. The Labute approximate surface area is 197 Å². The molecule has 1 heterocycles. The molecule has 3 N–H and O–H groups in total. The van der Waals surface area contributed by atoms with E-state index in [0.717, 1.165) is 5.69 Å². The Morgan fingerprint density at radius 3 is 2.48 bits per heavy atom. The number of nitrogens with zero attached hydrogens (tertiary/aromatic N) is 3. The second-order valence-electron chi connectivity index (χ2n) is 7.68. The van der Waals surface area contributed by atoms with E-state index >= 15 is 0 Å². The molecule has 176 valence electrons. The van der Waals surface area contributed by atoms with Crippen LogP contribution in [-0.2, 0) is 9.53 Å². The quantitative estimate of drug-likeness (QED) is 0.264. The molecule has 0 radical (unpaired) electrons. The smallest absolute Gasteiger partial charge is 0.216 e. The topological polar surface area (TPSA) is 119 Å². The second-order valence-corrected chi connectivity index (χ2v) is 8.08. The number of thiol groups is 1. The number of aromatic nitrogens is 3. The number of ether oxygens (including phenoxy) is 2. The third kappa shape index (κ3) is 6.17. The Hall–Kier alpha value is -3.24. The van der Waals surface area contributed by atoms with E-state index in [9.17, 15) is 15.0 Å². The first-order valence-corrected chi connectivity index (χ1v) is 11.0. The van der Waals surface area contributed by atoms with Crippen LogP contribution in [0.3, 0.4) is 0 Å². The van der Waals surface area contributed by atoms with Crippen molar-refractivity contribution in [3.63, 3.8) is 0 Å². The second kappa shape index (κ2) is 11.1. The van der Waals surface area contributed by atoms with Crippen LogP contribution >= 0.6 is 12.6 Å². The predicted octanol–water partition coefficient (Wildman–Crippen LogP) is 3.29. The summed E-state index contributed by atoms with van der Waals surface area (Å²) in [5.74, 6) is 0.967. The van der Waals surface area contributed by atoms with Crippen molar-refractivity contribution in [2.45, 2.75) is 31.8 Å². The van der Waals surface area contributed by atoms with Gasteiger partial charge >= 0.3 is 0 Å². The van der Waals surface area contributed by atoms with E-state index in [0.29, 0.717) is 54.2 Å². The van der Waals surface area contributed by atoms with Gasteiger partial charge in [-0.25, -0.2) is 0 Å². The van der Waals surface area contributed by atoms with Crippen molar-refractivity contribution in [2.24, 2.45) is 0 Å². The summed E-state index contributed by atoms with van der Waals surface area (Å²) in [4.78, 5) is 10.8. The summed E-state index contributed by atoms with van der Waals surface area (Å²) in [6.07, 6.45) is 0. The summed E-state index contributed by atoms with van der Waals surface area (Å²) in [6.45, 7) is 7.03. The lowest BCUT2D eigenvalue weighted by Crippen LogP contribution is -2.25. The summed E-state index contributed by atoms with van der Waals surface area (Å²) < 4.78 is 12.8. The standard InChI is InChI=1S/C23H28N4O5S/c1-14(2)18-12-19(21(30)13-20(18)29)22-25-26-23(33)27(22)16-4-6-17(7-5-16)32-11-10-31-9-8-24-15(3)28/h4-7,12-14,29-30H,8-11H2,1-3H3,(H,24,28)(H,26,33). The van der Waals surface area contributed by atoms with Crippen LogP contribution in [0.15, 0.2) is 41.6 Å². The summed E-state index contributed by atoms with van der Waals surface area (Å²) in [5, 5.41) is 31.9. The monoisotopic (exact) mass is 472 g/mol. The highest BCUT2D eigenvalue weighted by atomic mass is 32.1. The lowest BCUT2D eigenvalue weighted by Gasteiger charge is -2.14. The molecule has 3 rings (SSSR count). The average molecular weight is 473 g/mol. The van der Waals surface area contributed by atoms with Crippen LogP contribution in [-0.4, -0.2) is 57.3 Å². The minimum absolute atomic E-state index is 0.0315. The SMILES string of the molecule is CC(=O)NCCOCCOc1ccc(-n2c(S)nnc2-c2cc(C(C)C)c(O)cc2O)cc1. The molecule has 0 aliphatic rings. The first kappa shape index (κ1) is 24.4. The molecule has 0 saturated heterocycles. The third-order valence-corrected chi connectivity index (χ3v) is 5.15. The molecule has 3 aromatic rings. The Kier molecular flexibility index (Phi) is 8.18. The molecule has 0 aliphatic heterocycles. The molecule has 0 atom stereocenters. The average Bonchev–Trinajstić information content (AvgIpc) is 3.14. The zero-order valence-electron chi connectivity index (χ0n) is 18.8. The van der Waals surface area contributed by atoms with Crippen LogP contribution in [0.5, 0.6) is 17.2 Å². The number of carbonyl (C=O) groups excluding carboxylic acids is 1. The highest BCUT2D eigenvalue weighted by Crippen LogP contribution is 2.38. The number of carbonyl (C=O) groups is 1. The highest BCUT2D eigenvalue weighted by molar-refractivity contribution is 7.80. The molecule has 0 aliphatic carbocycles. The number of rotatable bonds is 10. The molecule has 2 aromatic carbocycles. The number of aromatic hydroxyl groups is 2. The van der Waals surface area contributed by atoms with E-state index in [1.165, 1.54) is 13.0 Å². The van der Waals surface area contributed by atoms with Gasteiger partial charge in [-0.1, -0.05) is 13.8 Å². The van der Waals surface area contributed by atoms with Gasteiger partial charge in [0.2, 0.25) is 5.91 Å². The molecule has 10 heteroatoms. The van der Waals surface area contributed by atoms with Gasteiger partial charge in [0.25, 0.3) is 0 Å². The van der Waals surface area contributed by atoms with Crippen LogP contribution in [0.2, 0.25) is 0 Å². The van der Waals surface area contributed by atoms with Crippen LogP contribution < -0.4 is 10.1 Å². The molecule has 0 saturated carbocycles. The Morgan fingerprint density at radius 2 is 1.82 bits per heavy atom. The van der Waals surface area contributed by atoms with Crippen LogP contribution in [0.25, 0.3) is 17.1 Å². The minimum atomic E-state index is -0.0997. The summed E-state index contributed by atoms with van der Waals surface area (Å²) in [7, 11) is 0. The third-order valence-electron chi connectivity index (χ3n) is 4.87. The fourth-order valence-electron chi connectivity index (χ4n) is 3.23. The van der Waals surface area contributed by atoms with Gasteiger partial charge in [-0.2, -0.15) is 0 Å². The lowest BCUT2D eigenvalue weighted by molar-refractivity contribution is -0.119. The van der Waals surface area contributed by atoms with Gasteiger partial charge in [0.15, 0.2) is 11.0 Å². The number of phenolic OH excluding ortho intramolecular Hbond substituents is 2. The van der Waals surface area contributed by atoms with Crippen molar-refractivity contribution in [3.8, 4) is 34.3 Å². The number of hydrogen-bond acceptors (Lipinski definition) is 8. The fourth-order valence-corrected chi connectivity index (χ4v) is 3.49. The van der Waals surface area contributed by atoms with E-state index in [-0.39, 0.29) is 23.3 Å². The van der Waals surface area contributed by atoms with Crippen molar-refractivity contribution < 1.29 is 24.5 Å². The Balaban J connectivity index is 1.71. The maximum absolute atomic E-state index is 10.8. The van der Waals surface area contributed by atoms with Gasteiger partial charge < -0.3 is 25.0 Å². The number of amides is 1. The Morgan fingerprint density at radius 1 is 1.09 bits per heavy atom. The van der Waals surface area contributed by atoms with E-state index in [2.05, 4.69) is 28.1 Å². The zero-order chi connectivity index (χ0) is 24.0. The molecule has 0 fully saturated rings. The number of benzene rings is 2. The van der Waals surface area contributed by atoms with Crippen molar-refractivity contribution in [1.29, 1.82) is 0 Å². The fraction of sp³-hybridized carbons (Fsp3) is 0.348. The van der Waals surface area contributed by atoms with Crippen LogP contribution in [0.4, 0.5) is 0 Å². The summed E-state index contributed by atoms with van der Waals surface area (Å²) in [6, 6.07) is 10.3. The lowest BCUT2D eigenvalue weighted by atomic mass is 9.98. The molecular formula is C23H28N4O5S. The van der Waals surface area contributed by atoms with Crippen LogP contribution in [0.1, 0.15) is 32.3 Å². The Bertz CT molecular complexity index is 1100. The molecule has 1 amide bonds. The van der Waals surface area contributed by atoms with E-state index in [1.54, 1.807) is 22.8 Å². The van der Waals surface area contributed by atoms with Crippen LogP contribution in [0, 0.1) is 0 Å². The molecular weight excluding hydrogens is 444 g/mol. The zero-order valence-corrected chi connectivity index (χ0v) is 19.7. The van der Waals surface area contributed by atoms with Gasteiger partial charge in [-0.05, 0) is 41.8 Å². The predicted molar refractivity (Wildman–Crippen MR) is 126 cm³/mol. The summed E-state index contributed by atoms with van der Waals surface area (Å²) >= 11 is 4.42. The van der Waals surface area contributed by atoms with Crippen molar-refractivity contribution in [3.05, 3.63) is 42.0 Å². The first-order chi connectivity index (χ1) is 15.8. The van der Waals surface area contributed by atoms with Gasteiger partial charge in [-0.15, -0.1) is 22.8 Å². The van der Waals surface area contributed by atoms with E-state index in [4.69, 9.17) is 9.47 Å². The maximum Gasteiger partial charge on any atom is 0.216 e. The normalized spacial score (nSPS) is 11.1. The van der Waals surface area contributed by atoms with E-state index < -0.39 is 0 Å². The molecule has 1 aromatic heterocycles. The van der Waals surface area contributed by atoms with Gasteiger partial charge in [-0.3, -0.25) is 9.36 Å². The maximum atomic E-state index is 10.8.